The second-order valence-corrected chi connectivity index (χ2v) is 5.65. The van der Waals surface area contributed by atoms with Crippen LogP contribution in [0.2, 0.25) is 0 Å². The molecule has 2 aromatic rings. The number of anilines is 2. The third-order valence-electron chi connectivity index (χ3n) is 3.98. The van der Waals surface area contributed by atoms with Crippen molar-refractivity contribution in [2.75, 3.05) is 18.0 Å². The number of rotatable bonds is 4. The summed E-state index contributed by atoms with van der Waals surface area (Å²) in [5, 5.41) is 3.34. The van der Waals surface area contributed by atoms with Crippen molar-refractivity contribution in [2.24, 2.45) is 0 Å². The molecule has 3 heteroatoms. The highest BCUT2D eigenvalue weighted by atomic mass is 15.2. The quantitative estimate of drug-likeness (QED) is 0.928. The molecule has 0 aliphatic carbocycles. The van der Waals surface area contributed by atoms with Crippen LogP contribution in [0.5, 0.6) is 0 Å². The van der Waals surface area contributed by atoms with Crippen LogP contribution in [0, 0.1) is 6.92 Å². The molecule has 0 atom stereocenters. The number of nitrogens with one attached hydrogen (secondary N) is 1. The van der Waals surface area contributed by atoms with E-state index < -0.39 is 0 Å². The van der Waals surface area contributed by atoms with E-state index in [4.69, 9.17) is 4.98 Å². The lowest BCUT2D eigenvalue weighted by Crippen LogP contribution is -2.26. The van der Waals surface area contributed by atoms with E-state index in [1.165, 1.54) is 29.7 Å². The average Bonchev–Trinajstić information content (AvgIpc) is 2.52. The molecule has 1 aromatic heterocycles. The van der Waals surface area contributed by atoms with Crippen molar-refractivity contribution in [3.63, 3.8) is 0 Å². The van der Waals surface area contributed by atoms with Crippen LogP contribution in [-0.4, -0.2) is 18.1 Å². The van der Waals surface area contributed by atoms with E-state index in [1.54, 1.807) is 0 Å². The first-order valence-electron chi connectivity index (χ1n) is 7.81. The van der Waals surface area contributed by atoms with Gasteiger partial charge in [0, 0.05) is 18.8 Å². The van der Waals surface area contributed by atoms with E-state index in [1.807, 2.05) is 0 Å². The predicted molar refractivity (Wildman–Crippen MR) is 88.1 cm³/mol. The number of nitrogens with zero attached hydrogens (tertiary/aromatic N) is 2. The number of hydrogen-bond donors (Lipinski definition) is 1. The Hall–Kier alpha value is -1.87. The first-order chi connectivity index (χ1) is 10.3. The van der Waals surface area contributed by atoms with Crippen LogP contribution in [0.25, 0.3) is 0 Å². The molecule has 0 unspecified atom stereocenters. The number of pyridine rings is 1. The van der Waals surface area contributed by atoms with Gasteiger partial charge in [0.1, 0.15) is 5.82 Å². The van der Waals surface area contributed by atoms with Gasteiger partial charge in [-0.05, 0) is 50.1 Å². The Bertz CT molecular complexity index is 622. The van der Waals surface area contributed by atoms with Crippen molar-refractivity contribution in [3.8, 4) is 0 Å². The molecule has 3 nitrogen and oxygen atoms in total. The summed E-state index contributed by atoms with van der Waals surface area (Å²) in [5.74, 6) is 1.07. The first-order valence-corrected chi connectivity index (χ1v) is 7.81. The SMILES string of the molecule is CCNCc1cccc(N2CCCc3cc(C)ccc32)n1. The maximum Gasteiger partial charge on any atom is 0.133 e. The standard InChI is InChI=1S/C18H23N3/c1-3-19-13-16-7-4-8-18(20-16)21-11-5-6-15-12-14(2)9-10-17(15)21/h4,7-10,12,19H,3,5-6,11,13H2,1-2H3. The molecular weight excluding hydrogens is 258 g/mol. The van der Waals surface area contributed by atoms with E-state index in [0.29, 0.717) is 0 Å². The lowest BCUT2D eigenvalue weighted by atomic mass is 9.99. The fraction of sp³-hybridized carbons (Fsp3) is 0.389. The Balaban J connectivity index is 1.91. The summed E-state index contributed by atoms with van der Waals surface area (Å²) in [4.78, 5) is 7.17. The smallest absolute Gasteiger partial charge is 0.133 e. The summed E-state index contributed by atoms with van der Waals surface area (Å²) < 4.78 is 0. The molecule has 0 spiro atoms. The molecule has 2 heterocycles. The van der Waals surface area contributed by atoms with Crippen LogP contribution in [0.4, 0.5) is 11.5 Å². The van der Waals surface area contributed by atoms with Crippen molar-refractivity contribution in [1.29, 1.82) is 0 Å². The summed E-state index contributed by atoms with van der Waals surface area (Å²) in [7, 11) is 0. The molecule has 0 fully saturated rings. The van der Waals surface area contributed by atoms with E-state index in [9.17, 15) is 0 Å². The molecule has 0 radical (unpaired) electrons. The van der Waals surface area contributed by atoms with Gasteiger partial charge in [0.15, 0.2) is 0 Å². The third-order valence-corrected chi connectivity index (χ3v) is 3.98. The molecule has 0 bridgehead atoms. The summed E-state index contributed by atoms with van der Waals surface area (Å²) in [6, 6.07) is 13.1. The molecule has 0 saturated carbocycles. The van der Waals surface area contributed by atoms with Crippen LogP contribution in [-0.2, 0) is 13.0 Å². The molecule has 1 aliphatic rings. The molecule has 110 valence electrons. The van der Waals surface area contributed by atoms with Crippen LogP contribution in [0.3, 0.4) is 0 Å². The third kappa shape index (κ3) is 3.08. The molecule has 1 aromatic carbocycles. The van der Waals surface area contributed by atoms with E-state index in [-0.39, 0.29) is 0 Å². The second-order valence-electron chi connectivity index (χ2n) is 5.65. The molecule has 0 amide bonds. The lowest BCUT2D eigenvalue weighted by Gasteiger charge is -2.31. The molecule has 1 N–H and O–H groups in total. The zero-order chi connectivity index (χ0) is 14.7. The first kappa shape index (κ1) is 14.1. The second kappa shape index (κ2) is 6.27. The van der Waals surface area contributed by atoms with Gasteiger partial charge in [0.05, 0.1) is 5.69 Å². The summed E-state index contributed by atoms with van der Waals surface area (Å²) >= 11 is 0. The van der Waals surface area contributed by atoms with Crippen LogP contribution >= 0.6 is 0 Å². The number of aryl methyl sites for hydroxylation is 2. The van der Waals surface area contributed by atoms with Gasteiger partial charge in [0.2, 0.25) is 0 Å². The monoisotopic (exact) mass is 281 g/mol. The maximum absolute atomic E-state index is 4.82. The summed E-state index contributed by atoms with van der Waals surface area (Å²) in [5.41, 5.74) is 5.21. The van der Waals surface area contributed by atoms with Crippen molar-refractivity contribution in [2.45, 2.75) is 33.2 Å². The van der Waals surface area contributed by atoms with Gasteiger partial charge in [-0.15, -0.1) is 0 Å². The van der Waals surface area contributed by atoms with Crippen LogP contribution in [0.1, 0.15) is 30.2 Å². The number of benzene rings is 1. The zero-order valence-electron chi connectivity index (χ0n) is 12.9. The highest BCUT2D eigenvalue weighted by Crippen LogP contribution is 2.32. The topological polar surface area (TPSA) is 28.2 Å². The predicted octanol–water partition coefficient (Wildman–Crippen LogP) is 3.58. The fourth-order valence-electron chi connectivity index (χ4n) is 2.93. The van der Waals surface area contributed by atoms with Gasteiger partial charge in [0.25, 0.3) is 0 Å². The minimum Gasteiger partial charge on any atom is -0.326 e. The molecule has 3 rings (SSSR count). The Kier molecular flexibility index (Phi) is 4.20. The number of fused-ring (bicyclic) bond motifs is 1. The Morgan fingerprint density at radius 3 is 3.00 bits per heavy atom. The average molecular weight is 281 g/mol. The van der Waals surface area contributed by atoms with Crippen molar-refractivity contribution < 1.29 is 0 Å². The van der Waals surface area contributed by atoms with Crippen LogP contribution < -0.4 is 10.2 Å². The van der Waals surface area contributed by atoms with Gasteiger partial charge < -0.3 is 10.2 Å². The van der Waals surface area contributed by atoms with Gasteiger partial charge in [-0.3, -0.25) is 0 Å². The van der Waals surface area contributed by atoms with E-state index in [0.717, 1.165) is 31.1 Å². The maximum atomic E-state index is 4.82. The largest absolute Gasteiger partial charge is 0.326 e. The molecular formula is C18H23N3. The van der Waals surface area contributed by atoms with E-state index in [2.05, 4.69) is 60.5 Å². The summed E-state index contributed by atoms with van der Waals surface area (Å²) in [6.07, 6.45) is 2.36. The minimum atomic E-state index is 0.832. The Morgan fingerprint density at radius 1 is 1.24 bits per heavy atom. The highest BCUT2D eigenvalue weighted by molar-refractivity contribution is 5.66. The molecule has 21 heavy (non-hydrogen) atoms. The fourth-order valence-corrected chi connectivity index (χ4v) is 2.93. The molecule has 1 aliphatic heterocycles. The van der Waals surface area contributed by atoms with Crippen LogP contribution in [0.15, 0.2) is 36.4 Å². The Labute approximate surface area is 127 Å². The summed E-state index contributed by atoms with van der Waals surface area (Å²) in [6.45, 7) is 7.13. The highest BCUT2D eigenvalue weighted by Gasteiger charge is 2.19. The van der Waals surface area contributed by atoms with Crippen molar-refractivity contribution >= 4 is 11.5 Å². The molecule has 0 saturated heterocycles. The zero-order valence-corrected chi connectivity index (χ0v) is 12.9. The van der Waals surface area contributed by atoms with Gasteiger partial charge in [-0.25, -0.2) is 4.98 Å². The lowest BCUT2D eigenvalue weighted by molar-refractivity contribution is 0.705. The van der Waals surface area contributed by atoms with Gasteiger partial charge in [-0.2, -0.15) is 0 Å². The van der Waals surface area contributed by atoms with Gasteiger partial charge in [-0.1, -0.05) is 30.7 Å². The normalized spacial score (nSPS) is 14.1. The van der Waals surface area contributed by atoms with Gasteiger partial charge >= 0.3 is 0 Å². The minimum absolute atomic E-state index is 0.832. The Morgan fingerprint density at radius 2 is 2.14 bits per heavy atom. The van der Waals surface area contributed by atoms with E-state index >= 15 is 0 Å². The van der Waals surface area contributed by atoms with Crippen molar-refractivity contribution in [3.05, 3.63) is 53.2 Å². The number of hydrogen-bond acceptors (Lipinski definition) is 3. The van der Waals surface area contributed by atoms with Crippen molar-refractivity contribution in [1.82, 2.24) is 10.3 Å². The number of aromatic nitrogens is 1.